The Labute approximate surface area is 91.3 Å². The van der Waals surface area contributed by atoms with Gasteiger partial charge in [-0.25, -0.2) is 0 Å². The van der Waals surface area contributed by atoms with E-state index in [-0.39, 0.29) is 22.5 Å². The molecule has 0 radical (unpaired) electrons. The van der Waals surface area contributed by atoms with E-state index < -0.39 is 5.75 Å². The van der Waals surface area contributed by atoms with Crippen molar-refractivity contribution < 1.29 is 10.2 Å². The third kappa shape index (κ3) is 1.92. The molecule has 0 bridgehead atoms. The van der Waals surface area contributed by atoms with E-state index in [4.69, 9.17) is 20.9 Å². The summed E-state index contributed by atoms with van der Waals surface area (Å²) in [6.45, 7) is 0. The van der Waals surface area contributed by atoms with Crippen molar-refractivity contribution in [3.63, 3.8) is 0 Å². The number of nitriles is 3. The molecule has 0 aliphatic rings. The van der Waals surface area contributed by atoms with Crippen molar-refractivity contribution >= 4 is 5.57 Å². The van der Waals surface area contributed by atoms with E-state index in [0.29, 0.717) is 0 Å². The summed E-state index contributed by atoms with van der Waals surface area (Å²) in [6.07, 6.45) is 0. The lowest BCUT2D eigenvalue weighted by atomic mass is 10.0. The predicted octanol–water partition coefficient (Wildman–Crippen LogP) is 1.42. The summed E-state index contributed by atoms with van der Waals surface area (Å²) in [4.78, 5) is 0. The monoisotopic (exact) mass is 211 g/mol. The highest BCUT2D eigenvalue weighted by Crippen LogP contribution is 2.29. The van der Waals surface area contributed by atoms with Gasteiger partial charge in [0.05, 0.1) is 5.57 Å². The van der Waals surface area contributed by atoms with E-state index in [1.165, 1.54) is 12.1 Å². The highest BCUT2D eigenvalue weighted by molar-refractivity contribution is 5.85. The smallest absolute Gasteiger partial charge is 0.158 e. The maximum absolute atomic E-state index is 9.22. The first-order valence-electron chi connectivity index (χ1n) is 4.11. The molecule has 0 saturated carbocycles. The largest absolute Gasteiger partial charge is 0.504 e. The van der Waals surface area contributed by atoms with Crippen LogP contribution in [0.25, 0.3) is 5.57 Å². The van der Waals surface area contributed by atoms with Crippen LogP contribution in [0.2, 0.25) is 0 Å². The van der Waals surface area contributed by atoms with Gasteiger partial charge in [0.2, 0.25) is 0 Å². The zero-order valence-corrected chi connectivity index (χ0v) is 7.97. The minimum Gasteiger partial charge on any atom is -0.504 e. The topological polar surface area (TPSA) is 112 Å². The zero-order valence-electron chi connectivity index (χ0n) is 7.97. The van der Waals surface area contributed by atoms with Crippen LogP contribution in [-0.2, 0) is 0 Å². The molecular weight excluding hydrogens is 206 g/mol. The van der Waals surface area contributed by atoms with E-state index in [0.717, 1.165) is 6.07 Å². The first-order valence-corrected chi connectivity index (χ1v) is 4.11. The van der Waals surface area contributed by atoms with Crippen LogP contribution in [0.5, 0.6) is 11.5 Å². The molecule has 0 unspecified atom stereocenters. The van der Waals surface area contributed by atoms with Crippen LogP contribution in [0.4, 0.5) is 0 Å². The molecule has 0 saturated heterocycles. The molecular formula is C11H5N3O2. The Hall–Kier alpha value is -2.97. The summed E-state index contributed by atoms with van der Waals surface area (Å²) in [5.74, 6) is -0.753. The molecule has 1 aromatic carbocycles. The average molecular weight is 211 g/mol. The Bertz CT molecular complexity index is 567. The molecule has 5 heteroatoms. The summed E-state index contributed by atoms with van der Waals surface area (Å²) in [5.41, 5.74) is -0.274. The van der Waals surface area contributed by atoms with E-state index in [1.54, 1.807) is 18.2 Å². The zero-order chi connectivity index (χ0) is 12.1. The van der Waals surface area contributed by atoms with Gasteiger partial charge in [-0.3, -0.25) is 0 Å². The number of allylic oxidation sites excluding steroid dienone is 2. The molecule has 0 aliphatic heterocycles. The minimum absolute atomic E-state index is 0.139. The van der Waals surface area contributed by atoms with Gasteiger partial charge in [-0.1, -0.05) is 0 Å². The quantitative estimate of drug-likeness (QED) is 0.538. The second kappa shape index (κ2) is 4.50. The molecule has 0 spiro atoms. The average Bonchev–Trinajstić information content (AvgIpc) is 2.29. The molecule has 5 nitrogen and oxygen atoms in total. The van der Waals surface area contributed by atoms with Crippen molar-refractivity contribution in [1.29, 1.82) is 15.8 Å². The summed E-state index contributed by atoms with van der Waals surface area (Å²) in [6, 6.07) is 8.51. The molecule has 0 atom stereocenters. The maximum Gasteiger partial charge on any atom is 0.158 e. The Morgan fingerprint density at radius 1 is 0.938 bits per heavy atom. The fourth-order valence-electron chi connectivity index (χ4n) is 1.08. The van der Waals surface area contributed by atoms with Gasteiger partial charge in [-0.05, 0) is 23.8 Å². The lowest BCUT2D eigenvalue weighted by Crippen LogP contribution is -1.86. The summed E-state index contributed by atoms with van der Waals surface area (Å²) in [7, 11) is 0. The lowest BCUT2D eigenvalue weighted by molar-refractivity contribution is 0.403. The van der Waals surface area contributed by atoms with Gasteiger partial charge in [0, 0.05) is 0 Å². The van der Waals surface area contributed by atoms with Crippen LogP contribution in [-0.4, -0.2) is 10.2 Å². The molecule has 16 heavy (non-hydrogen) atoms. The molecule has 1 aromatic rings. The van der Waals surface area contributed by atoms with E-state index in [1.807, 2.05) is 0 Å². The first kappa shape index (κ1) is 11.1. The second-order valence-corrected chi connectivity index (χ2v) is 2.79. The van der Waals surface area contributed by atoms with Crippen LogP contribution >= 0.6 is 0 Å². The van der Waals surface area contributed by atoms with Gasteiger partial charge in [0.15, 0.2) is 11.5 Å². The highest BCUT2D eigenvalue weighted by atomic mass is 16.3. The number of aromatic hydroxyl groups is 2. The Balaban J connectivity index is 3.45. The SMILES string of the molecule is N#CC(C#N)=C(C#N)c1ccc(O)c(O)c1. The highest BCUT2D eigenvalue weighted by Gasteiger charge is 2.10. The van der Waals surface area contributed by atoms with E-state index in [9.17, 15) is 5.11 Å². The van der Waals surface area contributed by atoms with Gasteiger partial charge < -0.3 is 10.2 Å². The summed E-state index contributed by atoms with van der Waals surface area (Å²) < 4.78 is 0. The first-order chi connectivity index (χ1) is 7.63. The lowest BCUT2D eigenvalue weighted by Gasteiger charge is -2.01. The predicted molar refractivity (Wildman–Crippen MR) is 53.5 cm³/mol. The van der Waals surface area contributed by atoms with Crippen molar-refractivity contribution in [3.8, 4) is 29.7 Å². The molecule has 1 rings (SSSR count). The standard InChI is InChI=1S/C11H5N3O2/c12-4-8(5-13)9(6-14)7-1-2-10(15)11(16)3-7/h1-3,15-16H. The van der Waals surface area contributed by atoms with Gasteiger partial charge in [0.25, 0.3) is 0 Å². The number of phenolic OH excluding ortho intramolecular Hbond substituents is 2. The normalized spacial score (nSPS) is 8.31. The van der Waals surface area contributed by atoms with Crippen molar-refractivity contribution in [3.05, 3.63) is 29.3 Å². The third-order valence-corrected chi connectivity index (χ3v) is 1.85. The number of phenols is 2. The van der Waals surface area contributed by atoms with Gasteiger partial charge >= 0.3 is 0 Å². The van der Waals surface area contributed by atoms with Crippen molar-refractivity contribution in [2.75, 3.05) is 0 Å². The van der Waals surface area contributed by atoms with Gasteiger partial charge in [-0.2, -0.15) is 15.8 Å². The molecule has 0 aromatic heterocycles. The third-order valence-electron chi connectivity index (χ3n) is 1.85. The number of rotatable bonds is 1. The summed E-state index contributed by atoms with van der Waals surface area (Å²) >= 11 is 0. The van der Waals surface area contributed by atoms with Gasteiger partial charge in [0.1, 0.15) is 23.8 Å². The van der Waals surface area contributed by atoms with Crippen LogP contribution in [0, 0.1) is 34.0 Å². The van der Waals surface area contributed by atoms with Gasteiger partial charge in [-0.15, -0.1) is 0 Å². The molecule has 0 heterocycles. The fraction of sp³-hybridized carbons (Fsp3) is 0. The molecule has 2 N–H and O–H groups in total. The number of benzene rings is 1. The van der Waals surface area contributed by atoms with Crippen molar-refractivity contribution in [2.24, 2.45) is 0 Å². The summed E-state index contributed by atoms with van der Waals surface area (Å²) in [5, 5.41) is 44.4. The van der Waals surface area contributed by atoms with E-state index in [2.05, 4.69) is 0 Å². The maximum atomic E-state index is 9.22. The van der Waals surface area contributed by atoms with Crippen LogP contribution in [0.1, 0.15) is 5.56 Å². The van der Waals surface area contributed by atoms with E-state index >= 15 is 0 Å². The van der Waals surface area contributed by atoms with Crippen molar-refractivity contribution in [1.82, 2.24) is 0 Å². The number of nitrogens with zero attached hydrogens (tertiary/aromatic N) is 3. The molecule has 0 amide bonds. The molecule has 0 fully saturated rings. The Kier molecular flexibility index (Phi) is 3.13. The Morgan fingerprint density at radius 2 is 1.56 bits per heavy atom. The molecule has 0 aliphatic carbocycles. The van der Waals surface area contributed by atoms with Crippen molar-refractivity contribution in [2.45, 2.75) is 0 Å². The Morgan fingerprint density at radius 3 is 2.00 bits per heavy atom. The van der Waals surface area contributed by atoms with Crippen LogP contribution < -0.4 is 0 Å². The number of hydrogen-bond acceptors (Lipinski definition) is 5. The number of hydrogen-bond donors (Lipinski definition) is 2. The minimum atomic E-state index is -0.416. The second-order valence-electron chi connectivity index (χ2n) is 2.79. The van der Waals surface area contributed by atoms with Crippen LogP contribution in [0.15, 0.2) is 23.8 Å². The van der Waals surface area contributed by atoms with Crippen LogP contribution in [0.3, 0.4) is 0 Å². The molecule has 76 valence electrons. The fourth-order valence-corrected chi connectivity index (χ4v) is 1.08.